The number of rotatable bonds is 32. The van der Waals surface area contributed by atoms with E-state index in [0.717, 1.165) is 103 Å². The van der Waals surface area contributed by atoms with Crippen molar-refractivity contribution < 1.29 is 58.3 Å². The van der Waals surface area contributed by atoms with Gasteiger partial charge in [0.05, 0.1) is 98.4 Å². The van der Waals surface area contributed by atoms with Gasteiger partial charge in [-0.2, -0.15) is 0 Å². The van der Waals surface area contributed by atoms with Gasteiger partial charge in [0.15, 0.2) is 0 Å². The predicted octanol–water partition coefficient (Wildman–Crippen LogP) is 15.6. The zero-order valence-electron chi connectivity index (χ0n) is 48.7. The van der Waals surface area contributed by atoms with Crippen LogP contribution >= 0.6 is 0 Å². The van der Waals surface area contributed by atoms with E-state index in [1.54, 1.807) is 0 Å². The van der Waals surface area contributed by atoms with Gasteiger partial charge in [-0.1, -0.05) is 107 Å². The maximum absolute atomic E-state index is 6.68. The van der Waals surface area contributed by atoms with Crippen LogP contribution in [0.2, 0.25) is 0 Å². The summed E-state index contributed by atoms with van der Waals surface area (Å²) >= 11 is 0. The minimum Gasteiger partial charge on any atom is -0.493 e. The van der Waals surface area contributed by atoms with Crippen molar-refractivity contribution in [2.24, 2.45) is 0 Å². The van der Waals surface area contributed by atoms with Crippen molar-refractivity contribution in [3.63, 3.8) is 0 Å². The molecule has 0 fully saturated rings. The molecule has 0 saturated carbocycles. The third kappa shape index (κ3) is 13.6. The average Bonchev–Trinajstić information content (AvgIpc) is 4.36. The molecule has 0 amide bonds. The van der Waals surface area contributed by atoms with Crippen molar-refractivity contribution in [1.29, 1.82) is 0 Å². The number of ether oxygens (including phenoxy) is 8. The Morgan fingerprint density at radius 1 is 0.259 bits per heavy atom. The standard InChI is InChI=1S/C64H80N8O8.Pd/c1-9-17-33-73-41-25-26-42(74-34-18-10-2)50-49(41)57-65-58(50)70-60-53-45(77-37-21-13-5)29-30-46(78-38-22-14-6)54(53)62(67-60)72-64-56-48(80-40-24-16-8)32-31-47(79-39-23-15-7)55(56)63(68-64)71-61-52-44(76-36-20-12-4)28-27-43(75-35-19-11-3)51(52)59(66-61)69-57;/h25-32H,9-24,33-40H2,1-8H3;/q-2;+2. The zero-order chi connectivity index (χ0) is 55.8. The van der Waals surface area contributed by atoms with Gasteiger partial charge in [0, 0.05) is 44.1 Å². The molecular weight excluding hydrogens is 1120 g/mol. The minimum absolute atomic E-state index is 0. The third-order valence-electron chi connectivity index (χ3n) is 14.0. The van der Waals surface area contributed by atoms with Crippen LogP contribution in [0.15, 0.2) is 48.5 Å². The van der Waals surface area contributed by atoms with Crippen LogP contribution in [0.4, 0.5) is 0 Å². The van der Waals surface area contributed by atoms with E-state index in [4.69, 9.17) is 77.8 Å². The molecule has 434 valence electrons. The zero-order valence-corrected chi connectivity index (χ0v) is 50.3. The number of fused-ring (bicyclic) bond motifs is 20. The number of benzene rings is 4. The molecule has 3 aromatic heterocycles. The van der Waals surface area contributed by atoms with E-state index in [1.165, 1.54) is 0 Å². The SMILES string of the molecule is CCCCOc1ccc(OCCCC)c2c1-c1nc-2nc2[n-]c(nc3nc(nc4[n-]c(n1)c1c(OCCCC)ccc(OCCCC)c41)-c1c(OCCCC)ccc(OCCCC)c1-3)c1c(OCCCC)ccc(OCCCC)c21.[Pd+2]. The molecule has 17 heteroatoms. The maximum Gasteiger partial charge on any atom is 2.00 e. The first kappa shape index (κ1) is 60.4. The summed E-state index contributed by atoms with van der Waals surface area (Å²) in [4.78, 5) is 43.5. The fraction of sp³-hybridized carbons (Fsp3) is 0.500. The monoisotopic (exact) mass is 1190 g/mol. The maximum atomic E-state index is 6.68. The first-order valence-corrected chi connectivity index (χ1v) is 29.8. The van der Waals surface area contributed by atoms with Crippen LogP contribution in [-0.2, 0) is 20.4 Å². The van der Waals surface area contributed by atoms with Gasteiger partial charge in [0.2, 0.25) is 0 Å². The molecule has 81 heavy (non-hydrogen) atoms. The largest absolute Gasteiger partial charge is 2.00 e. The van der Waals surface area contributed by atoms with Gasteiger partial charge in [-0.05, 0) is 99.9 Å². The van der Waals surface area contributed by atoms with Crippen LogP contribution in [0.5, 0.6) is 46.0 Å². The Balaban J connectivity index is 0.00000860. The van der Waals surface area contributed by atoms with E-state index in [0.29, 0.717) is 189 Å². The average molecular weight is 1200 g/mol. The first-order valence-electron chi connectivity index (χ1n) is 29.8. The Morgan fingerprint density at radius 2 is 0.432 bits per heavy atom. The van der Waals surface area contributed by atoms with Crippen molar-refractivity contribution in [3.8, 4) is 91.5 Å². The third-order valence-corrected chi connectivity index (χ3v) is 14.0. The topological polar surface area (TPSA) is 179 Å². The van der Waals surface area contributed by atoms with E-state index in [-0.39, 0.29) is 20.4 Å². The van der Waals surface area contributed by atoms with Gasteiger partial charge in [-0.25, -0.2) is 9.97 Å². The molecule has 0 N–H and O–H groups in total. The summed E-state index contributed by atoms with van der Waals surface area (Å²) < 4.78 is 53.4. The number of aromatic nitrogens is 8. The summed E-state index contributed by atoms with van der Waals surface area (Å²) in [6.45, 7) is 21.0. The van der Waals surface area contributed by atoms with Gasteiger partial charge < -0.3 is 67.8 Å². The van der Waals surface area contributed by atoms with Crippen molar-refractivity contribution in [2.75, 3.05) is 52.9 Å². The quantitative estimate of drug-likeness (QED) is 0.0287. The Bertz CT molecular complexity index is 2970. The Hall–Kier alpha value is -6.70. The fourth-order valence-corrected chi connectivity index (χ4v) is 9.50. The Labute approximate surface area is 490 Å². The summed E-state index contributed by atoms with van der Waals surface area (Å²) in [6, 6.07) is 15.5. The van der Waals surface area contributed by atoms with Gasteiger partial charge >= 0.3 is 20.4 Å². The molecule has 0 spiro atoms. The molecule has 0 aliphatic carbocycles. The van der Waals surface area contributed by atoms with Crippen molar-refractivity contribution in [2.45, 2.75) is 158 Å². The summed E-state index contributed by atoms with van der Waals surface area (Å²) in [5, 5.41) is 2.49. The molecule has 9 rings (SSSR count). The van der Waals surface area contributed by atoms with Crippen LogP contribution in [-0.4, -0.2) is 82.8 Å². The van der Waals surface area contributed by atoms with Gasteiger partial charge in [0.25, 0.3) is 0 Å². The number of hydrogen-bond acceptors (Lipinski definition) is 14. The normalized spacial score (nSPS) is 11.6. The van der Waals surface area contributed by atoms with Crippen LogP contribution in [0.25, 0.3) is 89.7 Å². The smallest absolute Gasteiger partial charge is 0.493 e. The second kappa shape index (κ2) is 29.9. The first-order chi connectivity index (χ1) is 39.4. The number of unbranched alkanes of at least 4 members (excludes halogenated alkanes) is 8. The fourth-order valence-electron chi connectivity index (χ4n) is 9.50. The van der Waals surface area contributed by atoms with Gasteiger partial charge in [0.1, 0.15) is 46.0 Å². The molecule has 0 radical (unpaired) electrons. The van der Waals surface area contributed by atoms with Crippen molar-refractivity contribution in [3.05, 3.63) is 48.5 Å². The Kier molecular flexibility index (Phi) is 22.3. The molecular formula is C64H80N8O8Pd. The Morgan fingerprint density at radius 3 is 0.617 bits per heavy atom. The molecule has 4 aromatic carbocycles. The second-order valence-corrected chi connectivity index (χ2v) is 20.3. The van der Waals surface area contributed by atoms with Crippen LogP contribution in [0.3, 0.4) is 0 Å². The molecule has 7 aromatic rings. The molecule has 8 bridgehead atoms. The van der Waals surface area contributed by atoms with E-state index >= 15 is 0 Å². The summed E-state index contributed by atoms with van der Waals surface area (Å²) in [5.41, 5.74) is 3.79. The van der Waals surface area contributed by atoms with Crippen LogP contribution in [0, 0.1) is 0 Å². The van der Waals surface area contributed by atoms with E-state index in [9.17, 15) is 0 Å². The van der Waals surface area contributed by atoms with Gasteiger partial charge in [-0.15, -0.1) is 0 Å². The number of hydrogen-bond donors (Lipinski definition) is 0. The van der Waals surface area contributed by atoms with E-state index in [1.807, 2.05) is 48.5 Å². The van der Waals surface area contributed by atoms with Crippen molar-refractivity contribution in [1.82, 2.24) is 39.9 Å². The van der Waals surface area contributed by atoms with E-state index in [2.05, 4.69) is 55.4 Å². The number of nitrogens with zero attached hydrogens (tertiary/aromatic N) is 8. The second-order valence-electron chi connectivity index (χ2n) is 20.3. The molecule has 0 atom stereocenters. The van der Waals surface area contributed by atoms with Crippen LogP contribution in [0.1, 0.15) is 158 Å². The molecule has 16 nitrogen and oxygen atoms in total. The molecule has 0 unspecified atom stereocenters. The molecule has 2 aliphatic heterocycles. The summed E-state index contributed by atoms with van der Waals surface area (Å²) in [6.07, 6.45) is 14.3. The summed E-state index contributed by atoms with van der Waals surface area (Å²) in [7, 11) is 0. The molecule has 0 saturated heterocycles. The summed E-state index contributed by atoms with van der Waals surface area (Å²) in [5.74, 6) is 5.99. The van der Waals surface area contributed by atoms with Crippen molar-refractivity contribution >= 4 is 44.1 Å². The van der Waals surface area contributed by atoms with Crippen LogP contribution < -0.4 is 47.9 Å². The predicted molar refractivity (Wildman–Crippen MR) is 317 cm³/mol. The molecule has 5 heterocycles. The molecule has 2 aliphatic rings. The van der Waals surface area contributed by atoms with E-state index < -0.39 is 0 Å². The minimum atomic E-state index is 0. The van der Waals surface area contributed by atoms with Gasteiger partial charge in [-0.3, -0.25) is 0 Å².